The summed E-state index contributed by atoms with van der Waals surface area (Å²) in [5.41, 5.74) is 5.71. The van der Waals surface area contributed by atoms with Gasteiger partial charge < -0.3 is 34.5 Å². The number of aryl methyl sites for hydroxylation is 2. The molecule has 2 fully saturated rings. The second-order valence-electron chi connectivity index (χ2n) is 13.9. The van der Waals surface area contributed by atoms with Crippen molar-refractivity contribution in [1.82, 2.24) is 19.4 Å². The zero-order valence-corrected chi connectivity index (χ0v) is 32.4. The van der Waals surface area contributed by atoms with E-state index in [0.717, 1.165) is 22.9 Å². The van der Waals surface area contributed by atoms with Crippen molar-refractivity contribution in [3.8, 4) is 22.5 Å². The number of aromatic nitrogens is 3. The molecule has 0 radical (unpaired) electrons. The Morgan fingerprint density at radius 1 is 0.929 bits per heavy atom. The first-order valence-electron chi connectivity index (χ1n) is 18.4. The molecule has 4 heterocycles. The van der Waals surface area contributed by atoms with E-state index in [-0.39, 0.29) is 23.4 Å². The molecule has 0 spiro atoms. The topological polar surface area (TPSA) is 133 Å². The molecule has 0 bridgehead atoms. The Labute approximate surface area is 337 Å². The molecule has 56 heavy (non-hydrogen) atoms. The molecule has 0 aliphatic carbocycles. The molecule has 0 atom stereocenters. The number of amides is 2. The Bertz CT molecular complexity index is 2460. The quantitative estimate of drug-likeness (QED) is 0.126. The Hall–Kier alpha value is -5.49. The molecule has 2 amide bonds. The molecule has 11 nitrogen and oxygen atoms in total. The lowest BCUT2D eigenvalue weighted by atomic mass is 10.0. The van der Waals surface area contributed by atoms with Crippen LogP contribution >= 0.6 is 34.8 Å². The average Bonchev–Trinajstić information content (AvgIpc) is 3.79. The number of cyclic esters (lactones) is 1. The zero-order chi connectivity index (χ0) is 38.9. The smallest absolute Gasteiger partial charge is 0.410 e. The second kappa shape index (κ2) is 15.9. The maximum absolute atomic E-state index is 14.8. The number of carbonyl (C=O) groups is 3. The number of nitrogens with zero attached hydrogens (tertiary/aromatic N) is 4. The second-order valence-corrected chi connectivity index (χ2v) is 15.2. The molecule has 286 valence electrons. The summed E-state index contributed by atoms with van der Waals surface area (Å²) in [4.78, 5) is 51.6. The Morgan fingerprint density at radius 2 is 1.70 bits per heavy atom. The van der Waals surface area contributed by atoms with Gasteiger partial charge in [-0.25, -0.2) is 14.6 Å². The minimum Gasteiger partial charge on any atom is -0.478 e. The van der Waals surface area contributed by atoms with Gasteiger partial charge in [-0.2, -0.15) is 0 Å². The molecule has 2 saturated heterocycles. The normalized spacial score (nSPS) is 14.9. The number of carbonyl (C=O) groups excluding carboxylic acids is 2. The summed E-state index contributed by atoms with van der Waals surface area (Å²) in [5.74, 6) is -1.60. The number of aromatic carboxylic acids is 1. The number of fused-ring (bicyclic) bond motifs is 1. The maximum atomic E-state index is 14.8. The summed E-state index contributed by atoms with van der Waals surface area (Å²) in [6.45, 7) is 2.77. The van der Waals surface area contributed by atoms with E-state index in [1.54, 1.807) is 41.6 Å². The van der Waals surface area contributed by atoms with Gasteiger partial charge in [-0.05, 0) is 73.7 Å². The van der Waals surface area contributed by atoms with Crippen LogP contribution in [0.5, 0.6) is 0 Å². The van der Waals surface area contributed by atoms with Gasteiger partial charge in [0.25, 0.3) is 5.91 Å². The number of rotatable bonds is 10. The van der Waals surface area contributed by atoms with Gasteiger partial charge in [0, 0.05) is 69.3 Å². The van der Waals surface area contributed by atoms with Crippen molar-refractivity contribution < 1.29 is 24.2 Å². The average molecular weight is 812 g/mol. The number of H-pyrrole nitrogens is 1. The third-order valence-electron chi connectivity index (χ3n) is 10.5. The van der Waals surface area contributed by atoms with Gasteiger partial charge in [0.15, 0.2) is 0 Å². The highest BCUT2D eigenvalue weighted by molar-refractivity contribution is 6.35. The van der Waals surface area contributed by atoms with Gasteiger partial charge in [0.2, 0.25) is 0 Å². The highest BCUT2D eigenvalue weighted by Crippen LogP contribution is 2.40. The molecule has 0 unspecified atom stereocenters. The molecular formula is C42H37Cl3N6O5. The fourth-order valence-corrected chi connectivity index (χ4v) is 8.40. The molecule has 2 aromatic heterocycles. The fourth-order valence-electron chi connectivity index (χ4n) is 7.72. The maximum Gasteiger partial charge on any atom is 0.410 e. The van der Waals surface area contributed by atoms with Crippen molar-refractivity contribution >= 4 is 75.1 Å². The van der Waals surface area contributed by atoms with E-state index in [4.69, 9.17) is 44.5 Å². The van der Waals surface area contributed by atoms with Crippen molar-refractivity contribution in [2.45, 2.75) is 38.3 Å². The van der Waals surface area contributed by atoms with Crippen LogP contribution in [0.4, 0.5) is 16.2 Å². The minimum atomic E-state index is -1.12. The highest BCUT2D eigenvalue weighted by Gasteiger charge is 2.32. The van der Waals surface area contributed by atoms with Gasteiger partial charge in [-0.3, -0.25) is 4.79 Å². The number of piperidine rings is 1. The van der Waals surface area contributed by atoms with Crippen LogP contribution in [0.2, 0.25) is 15.1 Å². The zero-order valence-electron chi connectivity index (χ0n) is 30.1. The molecule has 2 aliphatic heterocycles. The summed E-state index contributed by atoms with van der Waals surface area (Å²) in [6, 6.07) is 25.4. The van der Waals surface area contributed by atoms with Crippen LogP contribution in [0.1, 0.15) is 45.7 Å². The van der Waals surface area contributed by atoms with E-state index in [1.807, 2.05) is 47.0 Å². The number of carboxylic acids is 1. The van der Waals surface area contributed by atoms with E-state index >= 15 is 0 Å². The third-order valence-corrected chi connectivity index (χ3v) is 11.3. The monoisotopic (exact) mass is 810 g/mol. The summed E-state index contributed by atoms with van der Waals surface area (Å²) in [5, 5.41) is 15.4. The summed E-state index contributed by atoms with van der Waals surface area (Å²) in [7, 11) is 0. The third kappa shape index (κ3) is 7.54. The number of hydrogen-bond donors (Lipinski definition) is 3. The number of carboxylic acid groups (broad SMARTS) is 1. The molecular weight excluding hydrogens is 775 g/mol. The van der Waals surface area contributed by atoms with E-state index in [2.05, 4.69) is 15.2 Å². The lowest BCUT2D eigenvalue weighted by molar-refractivity contribution is 0.0499. The number of halogens is 3. The minimum absolute atomic E-state index is 0.0314. The van der Waals surface area contributed by atoms with Crippen LogP contribution in [-0.4, -0.2) is 74.8 Å². The van der Waals surface area contributed by atoms with E-state index in [9.17, 15) is 19.5 Å². The van der Waals surface area contributed by atoms with E-state index < -0.39 is 11.9 Å². The predicted octanol–water partition coefficient (Wildman–Crippen LogP) is 9.66. The SMILES string of the molecule is O=C(O)c1ccc(N2CCC(N3CCCOC3=O)CC2)c(NC(=O)c2[nH]c3cc(Cl)ccc3c2-c2c(-c3ccccc3)ncn2CCc2ccc(Cl)cc2Cl)c1. The Morgan fingerprint density at radius 3 is 2.45 bits per heavy atom. The Balaban J connectivity index is 1.18. The number of anilines is 2. The van der Waals surface area contributed by atoms with Crippen LogP contribution < -0.4 is 10.2 Å². The molecule has 4 aromatic carbocycles. The van der Waals surface area contributed by atoms with Gasteiger partial charge >= 0.3 is 12.1 Å². The number of aromatic amines is 1. The first-order valence-corrected chi connectivity index (χ1v) is 19.5. The number of imidazole rings is 1. The molecule has 2 aliphatic rings. The van der Waals surface area contributed by atoms with Gasteiger partial charge in [0.1, 0.15) is 5.69 Å². The standard InChI is InChI=1S/C42H37Cl3N6O5/c43-28-9-7-25(32(45)22-28)13-17-50-24-46-37(26-5-2-1-3-6-26)39(50)36-31-11-10-29(44)23-33(31)47-38(36)40(52)48-34-21-27(41(53)54)8-12-35(34)49-18-14-30(15-19-49)51-16-4-20-56-42(51)55/h1-3,5-12,21-24,30,47H,4,13-20H2,(H,48,52)(H,53,54). The molecule has 0 saturated carbocycles. The summed E-state index contributed by atoms with van der Waals surface area (Å²) in [6.07, 6.45) is 4.23. The van der Waals surface area contributed by atoms with E-state index in [1.165, 1.54) is 12.1 Å². The van der Waals surface area contributed by atoms with Gasteiger partial charge in [-0.1, -0.05) is 77.3 Å². The Kier molecular flexibility index (Phi) is 10.7. The van der Waals surface area contributed by atoms with Crippen molar-refractivity contribution in [3.63, 3.8) is 0 Å². The highest BCUT2D eigenvalue weighted by atomic mass is 35.5. The lowest BCUT2D eigenvalue weighted by Crippen LogP contribution is -2.50. The lowest BCUT2D eigenvalue weighted by Gasteiger charge is -2.40. The molecule has 8 rings (SSSR count). The summed E-state index contributed by atoms with van der Waals surface area (Å²) < 4.78 is 7.30. The number of hydrogen-bond acceptors (Lipinski definition) is 6. The van der Waals surface area contributed by atoms with Crippen LogP contribution in [0.25, 0.3) is 33.4 Å². The van der Waals surface area contributed by atoms with Crippen LogP contribution in [-0.2, 0) is 17.7 Å². The number of nitrogens with one attached hydrogen (secondary N) is 2. The van der Waals surface area contributed by atoms with Crippen molar-refractivity contribution in [2.75, 3.05) is 36.5 Å². The van der Waals surface area contributed by atoms with E-state index in [0.29, 0.717) is 101 Å². The number of benzene rings is 4. The van der Waals surface area contributed by atoms with Gasteiger partial charge in [-0.15, -0.1) is 0 Å². The molecule has 14 heteroatoms. The van der Waals surface area contributed by atoms with Crippen molar-refractivity contribution in [3.05, 3.63) is 123 Å². The molecule has 6 aromatic rings. The number of ether oxygens (including phenoxy) is 1. The van der Waals surface area contributed by atoms with Crippen molar-refractivity contribution in [1.29, 1.82) is 0 Å². The first-order chi connectivity index (χ1) is 27.1. The van der Waals surface area contributed by atoms with Crippen LogP contribution in [0, 0.1) is 0 Å². The first kappa shape index (κ1) is 37.4. The van der Waals surface area contributed by atoms with Crippen molar-refractivity contribution in [2.24, 2.45) is 0 Å². The summed E-state index contributed by atoms with van der Waals surface area (Å²) >= 11 is 19.3. The van der Waals surface area contributed by atoms with Crippen LogP contribution in [0.3, 0.4) is 0 Å². The van der Waals surface area contributed by atoms with Gasteiger partial charge in [0.05, 0.1) is 41.3 Å². The molecule has 3 N–H and O–H groups in total. The largest absolute Gasteiger partial charge is 0.478 e. The van der Waals surface area contributed by atoms with Crippen LogP contribution in [0.15, 0.2) is 91.3 Å². The predicted molar refractivity (Wildman–Crippen MR) is 219 cm³/mol. The fraction of sp³-hybridized carbons (Fsp3) is 0.238.